The molecule has 20 heavy (non-hydrogen) atoms. The van der Waals surface area contributed by atoms with Crippen molar-refractivity contribution < 1.29 is 9.50 Å². The smallest absolute Gasteiger partial charge is 0.124 e. The summed E-state index contributed by atoms with van der Waals surface area (Å²) in [6, 6.07) is 4.63. The van der Waals surface area contributed by atoms with Crippen LogP contribution in [0.15, 0.2) is 18.2 Å². The maximum atomic E-state index is 13.5. The van der Waals surface area contributed by atoms with Crippen LogP contribution in [0.1, 0.15) is 36.8 Å². The first kappa shape index (κ1) is 15.4. The summed E-state index contributed by atoms with van der Waals surface area (Å²) in [5.41, 5.74) is 6.32. The van der Waals surface area contributed by atoms with E-state index in [0.717, 1.165) is 31.2 Å². The molecule has 0 aliphatic heterocycles. The summed E-state index contributed by atoms with van der Waals surface area (Å²) < 4.78 is 13.5. The van der Waals surface area contributed by atoms with Crippen molar-refractivity contribution in [2.24, 2.45) is 5.73 Å². The number of aliphatic hydroxyl groups is 1. The molecule has 0 spiro atoms. The third-order valence-electron chi connectivity index (χ3n) is 3.79. The third kappa shape index (κ3) is 3.98. The minimum Gasteiger partial charge on any atom is -0.389 e. The summed E-state index contributed by atoms with van der Waals surface area (Å²) in [5.74, 6) is -0.335. The minimum atomic E-state index is -0.589. The zero-order chi connectivity index (χ0) is 14.8. The molecule has 0 unspecified atom stereocenters. The molecule has 0 aromatic heterocycles. The fourth-order valence-corrected chi connectivity index (χ4v) is 3.06. The molecular weight excluding hydrogens is 275 g/mol. The standard InChI is InChI=1S/C15H21FN2OS/c1-18(10-15(19)4-2-3-5-15)9-11-6-12(14(17)20)8-13(16)7-11/h6-8,19H,2-5,9-10H2,1H3,(H2,17,20). The van der Waals surface area contributed by atoms with Crippen molar-refractivity contribution in [1.29, 1.82) is 0 Å². The van der Waals surface area contributed by atoms with Crippen molar-refractivity contribution in [3.8, 4) is 0 Å². The van der Waals surface area contributed by atoms with E-state index in [1.165, 1.54) is 12.1 Å². The van der Waals surface area contributed by atoms with Gasteiger partial charge < -0.3 is 10.8 Å². The van der Waals surface area contributed by atoms with Crippen LogP contribution in [0.2, 0.25) is 0 Å². The minimum absolute atomic E-state index is 0.197. The summed E-state index contributed by atoms with van der Waals surface area (Å²) in [7, 11) is 1.93. The maximum absolute atomic E-state index is 13.5. The molecule has 1 aliphatic rings. The van der Waals surface area contributed by atoms with Crippen molar-refractivity contribution in [3.63, 3.8) is 0 Å². The molecule has 1 fully saturated rings. The van der Waals surface area contributed by atoms with E-state index in [9.17, 15) is 9.50 Å². The Kier molecular flexibility index (Phi) is 4.73. The Morgan fingerprint density at radius 3 is 2.65 bits per heavy atom. The van der Waals surface area contributed by atoms with Gasteiger partial charge in [-0.2, -0.15) is 0 Å². The zero-order valence-corrected chi connectivity index (χ0v) is 12.5. The van der Waals surface area contributed by atoms with Gasteiger partial charge in [0.15, 0.2) is 0 Å². The van der Waals surface area contributed by atoms with E-state index in [4.69, 9.17) is 18.0 Å². The molecule has 0 saturated heterocycles. The molecule has 0 amide bonds. The average molecular weight is 296 g/mol. The van der Waals surface area contributed by atoms with Crippen LogP contribution in [0.3, 0.4) is 0 Å². The number of thiocarbonyl (C=S) groups is 1. The molecule has 1 aliphatic carbocycles. The van der Waals surface area contributed by atoms with Gasteiger partial charge in [-0.1, -0.05) is 25.1 Å². The number of hydrogen-bond acceptors (Lipinski definition) is 3. The zero-order valence-electron chi connectivity index (χ0n) is 11.7. The first-order chi connectivity index (χ1) is 9.38. The summed E-state index contributed by atoms with van der Waals surface area (Å²) in [6.07, 6.45) is 3.85. The van der Waals surface area contributed by atoms with Gasteiger partial charge in [-0.3, -0.25) is 4.90 Å². The summed E-state index contributed by atoms with van der Waals surface area (Å²) in [6.45, 7) is 1.17. The van der Waals surface area contributed by atoms with Gasteiger partial charge in [0.1, 0.15) is 10.8 Å². The molecule has 0 bridgehead atoms. The van der Waals surface area contributed by atoms with E-state index in [-0.39, 0.29) is 10.8 Å². The van der Waals surface area contributed by atoms with Gasteiger partial charge in [-0.25, -0.2) is 4.39 Å². The Balaban J connectivity index is 2.03. The van der Waals surface area contributed by atoms with Crippen molar-refractivity contribution >= 4 is 17.2 Å². The van der Waals surface area contributed by atoms with Gasteiger partial charge in [-0.15, -0.1) is 0 Å². The van der Waals surface area contributed by atoms with Crippen molar-refractivity contribution in [3.05, 3.63) is 35.1 Å². The van der Waals surface area contributed by atoms with Gasteiger partial charge >= 0.3 is 0 Å². The molecule has 0 atom stereocenters. The lowest BCUT2D eigenvalue weighted by Crippen LogP contribution is -2.38. The van der Waals surface area contributed by atoms with E-state index in [0.29, 0.717) is 18.7 Å². The van der Waals surface area contributed by atoms with Gasteiger partial charge in [0.2, 0.25) is 0 Å². The summed E-state index contributed by atoms with van der Waals surface area (Å²) >= 11 is 4.89. The Morgan fingerprint density at radius 2 is 2.05 bits per heavy atom. The van der Waals surface area contributed by atoms with Crippen LogP contribution in [-0.4, -0.2) is 34.2 Å². The lowest BCUT2D eigenvalue weighted by molar-refractivity contribution is 0.0145. The molecule has 3 nitrogen and oxygen atoms in total. The topological polar surface area (TPSA) is 49.5 Å². The van der Waals surface area contributed by atoms with E-state index < -0.39 is 5.60 Å². The Labute approximate surface area is 124 Å². The summed E-state index contributed by atoms with van der Waals surface area (Å²) in [5, 5.41) is 10.4. The number of nitrogens with two attached hydrogens (primary N) is 1. The van der Waals surface area contributed by atoms with Gasteiger partial charge in [-0.05, 0) is 43.7 Å². The lowest BCUT2D eigenvalue weighted by Gasteiger charge is -2.28. The lowest BCUT2D eigenvalue weighted by atomic mass is 10.0. The molecule has 3 N–H and O–H groups in total. The SMILES string of the molecule is CN(Cc1cc(F)cc(C(N)=S)c1)CC1(O)CCCC1. The highest BCUT2D eigenvalue weighted by Gasteiger charge is 2.32. The fourth-order valence-electron chi connectivity index (χ4n) is 2.95. The van der Waals surface area contributed by atoms with Crippen LogP contribution in [0.4, 0.5) is 4.39 Å². The third-order valence-corrected chi connectivity index (χ3v) is 4.03. The normalized spacial score (nSPS) is 17.6. The number of nitrogens with zero attached hydrogens (tertiary/aromatic N) is 1. The predicted molar refractivity (Wildman–Crippen MR) is 82.0 cm³/mol. The van der Waals surface area contributed by atoms with E-state index in [2.05, 4.69) is 0 Å². The van der Waals surface area contributed by atoms with Crippen molar-refractivity contribution in [1.82, 2.24) is 4.90 Å². The van der Waals surface area contributed by atoms with Gasteiger partial charge in [0.25, 0.3) is 0 Å². The number of benzene rings is 1. The molecular formula is C15H21FN2OS. The molecule has 1 aromatic carbocycles. The first-order valence-electron chi connectivity index (χ1n) is 6.88. The largest absolute Gasteiger partial charge is 0.389 e. The van der Waals surface area contributed by atoms with Crippen molar-refractivity contribution in [2.75, 3.05) is 13.6 Å². The van der Waals surface area contributed by atoms with E-state index in [1.807, 2.05) is 11.9 Å². The van der Waals surface area contributed by atoms with Crippen LogP contribution < -0.4 is 5.73 Å². The quantitative estimate of drug-likeness (QED) is 0.818. The second-order valence-electron chi connectivity index (χ2n) is 5.82. The molecule has 1 aromatic rings. The van der Waals surface area contributed by atoms with Crippen LogP contribution in [0.25, 0.3) is 0 Å². The highest BCUT2D eigenvalue weighted by Crippen LogP contribution is 2.30. The molecule has 1 saturated carbocycles. The Morgan fingerprint density at radius 1 is 1.40 bits per heavy atom. The number of hydrogen-bond donors (Lipinski definition) is 2. The number of rotatable bonds is 5. The maximum Gasteiger partial charge on any atom is 0.124 e. The summed E-state index contributed by atoms with van der Waals surface area (Å²) in [4.78, 5) is 2.21. The van der Waals surface area contributed by atoms with Gasteiger partial charge in [0.05, 0.1) is 5.60 Å². The molecule has 2 rings (SSSR count). The van der Waals surface area contributed by atoms with E-state index >= 15 is 0 Å². The van der Waals surface area contributed by atoms with Gasteiger partial charge in [0, 0.05) is 18.7 Å². The second kappa shape index (κ2) is 6.16. The second-order valence-corrected chi connectivity index (χ2v) is 6.26. The highest BCUT2D eigenvalue weighted by molar-refractivity contribution is 7.80. The molecule has 0 heterocycles. The predicted octanol–water partition coefficient (Wildman–Crippen LogP) is 2.20. The average Bonchev–Trinajstić information content (AvgIpc) is 2.74. The molecule has 5 heteroatoms. The van der Waals surface area contributed by atoms with Crippen LogP contribution in [-0.2, 0) is 6.54 Å². The monoisotopic (exact) mass is 296 g/mol. The van der Waals surface area contributed by atoms with Crippen molar-refractivity contribution in [2.45, 2.75) is 37.8 Å². The number of likely N-dealkylation sites (N-methyl/N-ethyl adjacent to an activating group) is 1. The van der Waals surface area contributed by atoms with Crippen LogP contribution in [0, 0.1) is 5.82 Å². The Hall–Kier alpha value is -1.04. The fraction of sp³-hybridized carbons (Fsp3) is 0.533. The van der Waals surface area contributed by atoms with E-state index in [1.54, 1.807) is 6.07 Å². The molecule has 110 valence electrons. The van der Waals surface area contributed by atoms with Crippen LogP contribution in [0.5, 0.6) is 0 Å². The number of halogens is 1. The first-order valence-corrected chi connectivity index (χ1v) is 7.29. The highest BCUT2D eigenvalue weighted by atomic mass is 32.1. The molecule has 0 radical (unpaired) electrons. The van der Waals surface area contributed by atoms with Crippen LogP contribution >= 0.6 is 12.2 Å². The Bertz CT molecular complexity index is 501.